The quantitative estimate of drug-likeness (QED) is 0.190. The van der Waals surface area contributed by atoms with E-state index in [2.05, 4.69) is 25.9 Å². The van der Waals surface area contributed by atoms with Gasteiger partial charge in [0, 0.05) is 18.3 Å². The zero-order valence-corrected chi connectivity index (χ0v) is 17.4. The Morgan fingerprint density at radius 1 is 1.00 bits per heavy atom. The molecule has 1 heterocycles. The molecule has 0 aliphatic rings. The van der Waals surface area contributed by atoms with Gasteiger partial charge in [-0.3, -0.25) is 19.2 Å². The minimum absolute atomic E-state index is 0.0352. The zero-order chi connectivity index (χ0) is 23.7. The fourth-order valence-electron chi connectivity index (χ4n) is 2.45. The van der Waals surface area contributed by atoms with Gasteiger partial charge in [-0.2, -0.15) is 0 Å². The standard InChI is InChI=1S/C18H28N6O7/c1-8(2)14(19)17(29)23-11(4-10-6-20-7-21-10)16(28)22-9(3)15(27)24-12(18(30)31)5-13(25)26/h6-9,11-12,14H,4-5,19H2,1-3H3,(H,20,21)(H,22,28)(H,23,29)(H,24,27)(H,25,26)(H,30,31). The van der Waals surface area contributed by atoms with Crippen LogP contribution in [0, 0.1) is 5.92 Å². The SMILES string of the molecule is CC(NC(=O)C(Cc1cnc[nH]1)NC(=O)C(N)C(C)C)C(=O)NC(CC(=O)O)C(=O)O. The molecule has 8 N–H and O–H groups in total. The normalized spacial score (nSPS) is 14.7. The Balaban J connectivity index is 2.85. The Labute approximate surface area is 178 Å². The van der Waals surface area contributed by atoms with E-state index < -0.39 is 60.2 Å². The number of nitrogens with zero attached hydrogens (tertiary/aromatic N) is 1. The number of nitrogens with two attached hydrogens (primary N) is 1. The van der Waals surface area contributed by atoms with Crippen molar-refractivity contribution in [1.29, 1.82) is 0 Å². The third kappa shape index (κ3) is 8.42. The van der Waals surface area contributed by atoms with Crippen molar-refractivity contribution in [3.63, 3.8) is 0 Å². The molecule has 3 amide bonds. The molecule has 0 spiro atoms. The van der Waals surface area contributed by atoms with E-state index in [0.29, 0.717) is 5.69 Å². The van der Waals surface area contributed by atoms with E-state index in [-0.39, 0.29) is 12.3 Å². The Hall–Kier alpha value is -3.48. The molecule has 13 nitrogen and oxygen atoms in total. The van der Waals surface area contributed by atoms with Crippen LogP contribution in [0.3, 0.4) is 0 Å². The summed E-state index contributed by atoms with van der Waals surface area (Å²) < 4.78 is 0. The molecule has 0 aliphatic carbocycles. The monoisotopic (exact) mass is 440 g/mol. The second-order valence-electron chi connectivity index (χ2n) is 7.34. The first kappa shape index (κ1) is 25.6. The second kappa shape index (κ2) is 11.6. The maximum atomic E-state index is 12.7. The zero-order valence-electron chi connectivity index (χ0n) is 17.4. The first-order valence-electron chi connectivity index (χ1n) is 9.50. The summed E-state index contributed by atoms with van der Waals surface area (Å²) in [5.41, 5.74) is 6.37. The average Bonchev–Trinajstić information content (AvgIpc) is 3.18. The van der Waals surface area contributed by atoms with E-state index in [9.17, 15) is 24.0 Å². The molecule has 4 unspecified atom stereocenters. The van der Waals surface area contributed by atoms with Crippen molar-refractivity contribution in [2.45, 2.75) is 57.8 Å². The lowest BCUT2D eigenvalue weighted by atomic mass is 10.0. The highest BCUT2D eigenvalue weighted by molar-refractivity contribution is 5.94. The number of aromatic amines is 1. The molecular weight excluding hydrogens is 412 g/mol. The van der Waals surface area contributed by atoms with Crippen LogP contribution in [0.25, 0.3) is 0 Å². The predicted molar refractivity (Wildman–Crippen MR) is 106 cm³/mol. The molecule has 1 aromatic rings. The van der Waals surface area contributed by atoms with Gasteiger partial charge in [0.1, 0.15) is 18.1 Å². The molecule has 13 heteroatoms. The van der Waals surface area contributed by atoms with Crippen LogP contribution in [0.15, 0.2) is 12.5 Å². The molecule has 0 bridgehead atoms. The van der Waals surface area contributed by atoms with Gasteiger partial charge in [0.15, 0.2) is 0 Å². The summed E-state index contributed by atoms with van der Waals surface area (Å²) in [5, 5.41) is 24.8. The molecular formula is C18H28N6O7. The van der Waals surface area contributed by atoms with E-state index in [1.807, 2.05) is 0 Å². The van der Waals surface area contributed by atoms with Gasteiger partial charge in [0.25, 0.3) is 0 Å². The largest absolute Gasteiger partial charge is 0.481 e. The fraction of sp³-hybridized carbons (Fsp3) is 0.556. The summed E-state index contributed by atoms with van der Waals surface area (Å²) in [4.78, 5) is 65.8. The van der Waals surface area contributed by atoms with Gasteiger partial charge in [0.2, 0.25) is 17.7 Å². The molecule has 0 aliphatic heterocycles. The van der Waals surface area contributed by atoms with Gasteiger partial charge in [-0.25, -0.2) is 9.78 Å². The summed E-state index contributed by atoms with van der Waals surface area (Å²) in [7, 11) is 0. The summed E-state index contributed by atoms with van der Waals surface area (Å²) in [5.74, 6) is -5.28. The molecule has 4 atom stereocenters. The Morgan fingerprint density at radius 2 is 1.61 bits per heavy atom. The first-order chi connectivity index (χ1) is 14.4. The van der Waals surface area contributed by atoms with Crippen molar-refractivity contribution >= 4 is 29.7 Å². The van der Waals surface area contributed by atoms with E-state index in [1.165, 1.54) is 19.4 Å². The molecule has 1 rings (SSSR count). The molecule has 0 saturated carbocycles. The predicted octanol–water partition coefficient (Wildman–Crippen LogP) is -2.03. The molecule has 1 aromatic heterocycles. The van der Waals surface area contributed by atoms with Crippen LogP contribution < -0.4 is 21.7 Å². The van der Waals surface area contributed by atoms with Crippen LogP contribution in [-0.4, -0.2) is 74.0 Å². The van der Waals surface area contributed by atoms with Crippen molar-refractivity contribution in [3.8, 4) is 0 Å². The first-order valence-corrected chi connectivity index (χ1v) is 9.50. The highest BCUT2D eigenvalue weighted by Crippen LogP contribution is 2.04. The third-order valence-corrected chi connectivity index (χ3v) is 4.38. The van der Waals surface area contributed by atoms with Crippen molar-refractivity contribution < 1.29 is 34.2 Å². The number of carboxylic acid groups (broad SMARTS) is 2. The van der Waals surface area contributed by atoms with Crippen LogP contribution in [0.1, 0.15) is 32.9 Å². The van der Waals surface area contributed by atoms with Gasteiger partial charge in [-0.1, -0.05) is 13.8 Å². The molecule has 31 heavy (non-hydrogen) atoms. The topological polar surface area (TPSA) is 217 Å². The lowest BCUT2D eigenvalue weighted by Crippen LogP contribution is -2.57. The van der Waals surface area contributed by atoms with Crippen LogP contribution in [0.2, 0.25) is 0 Å². The lowest BCUT2D eigenvalue weighted by molar-refractivity contribution is -0.147. The number of nitrogens with one attached hydrogen (secondary N) is 4. The van der Waals surface area contributed by atoms with Gasteiger partial charge in [-0.15, -0.1) is 0 Å². The van der Waals surface area contributed by atoms with Crippen LogP contribution in [0.5, 0.6) is 0 Å². The molecule has 0 aromatic carbocycles. The number of hydrogen-bond donors (Lipinski definition) is 7. The number of hydrogen-bond acceptors (Lipinski definition) is 7. The van der Waals surface area contributed by atoms with Crippen molar-refractivity contribution in [2.24, 2.45) is 11.7 Å². The summed E-state index contributed by atoms with van der Waals surface area (Å²) in [6.07, 6.45) is 2.08. The summed E-state index contributed by atoms with van der Waals surface area (Å²) >= 11 is 0. The van der Waals surface area contributed by atoms with Gasteiger partial charge < -0.3 is 36.9 Å². The number of aromatic nitrogens is 2. The highest BCUT2D eigenvalue weighted by Gasteiger charge is 2.30. The Kier molecular flexibility index (Phi) is 9.60. The molecule has 0 radical (unpaired) electrons. The second-order valence-corrected chi connectivity index (χ2v) is 7.34. The summed E-state index contributed by atoms with van der Waals surface area (Å²) in [6.45, 7) is 4.79. The van der Waals surface area contributed by atoms with Crippen LogP contribution in [-0.2, 0) is 30.4 Å². The average molecular weight is 440 g/mol. The number of carbonyl (C=O) groups is 5. The number of carbonyl (C=O) groups excluding carboxylic acids is 3. The number of H-pyrrole nitrogens is 1. The Morgan fingerprint density at radius 3 is 2.10 bits per heavy atom. The van der Waals surface area contributed by atoms with Crippen LogP contribution >= 0.6 is 0 Å². The van der Waals surface area contributed by atoms with Gasteiger partial charge in [-0.05, 0) is 12.8 Å². The number of rotatable bonds is 12. The van der Waals surface area contributed by atoms with Gasteiger partial charge >= 0.3 is 11.9 Å². The maximum Gasteiger partial charge on any atom is 0.326 e. The number of carboxylic acids is 2. The lowest BCUT2D eigenvalue weighted by Gasteiger charge is -2.24. The highest BCUT2D eigenvalue weighted by atomic mass is 16.4. The van der Waals surface area contributed by atoms with Gasteiger partial charge in [0.05, 0.1) is 18.8 Å². The number of aliphatic carboxylic acids is 2. The Bertz CT molecular complexity index is 795. The van der Waals surface area contributed by atoms with Crippen LogP contribution in [0.4, 0.5) is 0 Å². The fourth-order valence-corrected chi connectivity index (χ4v) is 2.45. The number of amides is 3. The smallest absolute Gasteiger partial charge is 0.326 e. The van der Waals surface area contributed by atoms with E-state index in [1.54, 1.807) is 13.8 Å². The maximum absolute atomic E-state index is 12.7. The molecule has 0 saturated heterocycles. The van der Waals surface area contributed by atoms with E-state index >= 15 is 0 Å². The van der Waals surface area contributed by atoms with Crippen molar-refractivity contribution in [1.82, 2.24) is 25.9 Å². The minimum atomic E-state index is -1.66. The van der Waals surface area contributed by atoms with E-state index in [0.717, 1.165) is 0 Å². The molecule has 172 valence electrons. The van der Waals surface area contributed by atoms with Crippen molar-refractivity contribution in [2.75, 3.05) is 0 Å². The van der Waals surface area contributed by atoms with Crippen molar-refractivity contribution in [3.05, 3.63) is 18.2 Å². The summed E-state index contributed by atoms with van der Waals surface area (Å²) in [6, 6.07) is -4.82. The van der Waals surface area contributed by atoms with E-state index in [4.69, 9.17) is 15.9 Å². The minimum Gasteiger partial charge on any atom is -0.481 e. The third-order valence-electron chi connectivity index (χ3n) is 4.38. The molecule has 0 fully saturated rings. The number of imidazole rings is 1.